The van der Waals surface area contributed by atoms with E-state index in [4.69, 9.17) is 20.9 Å². The number of hydrogen-bond acceptors (Lipinski definition) is 6. The molecule has 0 atom stereocenters. The van der Waals surface area contributed by atoms with E-state index in [1.807, 2.05) is 25.1 Å². The minimum Gasteiger partial charge on any atom is -0.465 e. The van der Waals surface area contributed by atoms with Gasteiger partial charge in [-0.1, -0.05) is 22.8 Å². The van der Waals surface area contributed by atoms with Crippen molar-refractivity contribution in [1.29, 1.82) is 0 Å². The Bertz CT molecular complexity index is 891. The minimum absolute atomic E-state index is 0.339. The van der Waals surface area contributed by atoms with Crippen LogP contribution >= 0.6 is 11.6 Å². The number of rotatable bonds is 5. The molecule has 0 spiro atoms. The maximum absolute atomic E-state index is 11.6. The molecule has 0 bridgehead atoms. The van der Waals surface area contributed by atoms with Gasteiger partial charge >= 0.3 is 5.97 Å². The number of aromatic nitrogens is 2. The van der Waals surface area contributed by atoms with Crippen LogP contribution in [0.3, 0.4) is 0 Å². The Labute approximate surface area is 149 Å². The monoisotopic (exact) mass is 357 g/mol. The number of halogens is 1. The second-order valence-electron chi connectivity index (χ2n) is 5.39. The molecule has 0 amide bonds. The number of benzene rings is 2. The largest absolute Gasteiger partial charge is 0.465 e. The number of esters is 1. The topological polar surface area (TPSA) is 77.2 Å². The highest BCUT2D eigenvalue weighted by Crippen LogP contribution is 2.21. The molecule has 2 aromatic carbocycles. The van der Waals surface area contributed by atoms with Gasteiger partial charge in [0.25, 0.3) is 0 Å². The number of nitrogens with zero attached hydrogens (tertiary/aromatic N) is 2. The highest BCUT2D eigenvalue weighted by molar-refractivity contribution is 6.30. The Morgan fingerprint density at radius 1 is 1.24 bits per heavy atom. The maximum atomic E-state index is 11.6. The van der Waals surface area contributed by atoms with Gasteiger partial charge in [-0.15, -0.1) is 0 Å². The second kappa shape index (κ2) is 7.36. The van der Waals surface area contributed by atoms with Crippen molar-refractivity contribution in [3.63, 3.8) is 0 Å². The molecule has 0 radical (unpaired) electrons. The first kappa shape index (κ1) is 17.0. The number of carbonyl (C=O) groups is 1. The van der Waals surface area contributed by atoms with E-state index in [2.05, 4.69) is 15.5 Å². The average molecular weight is 358 g/mol. The van der Waals surface area contributed by atoms with Crippen molar-refractivity contribution < 1.29 is 14.1 Å². The molecule has 0 aliphatic carbocycles. The Morgan fingerprint density at radius 3 is 2.72 bits per heavy atom. The highest BCUT2D eigenvalue weighted by atomic mass is 35.5. The number of methoxy groups -OCH3 is 1. The smallest absolute Gasteiger partial charge is 0.337 e. The maximum Gasteiger partial charge on any atom is 0.337 e. The fourth-order valence-electron chi connectivity index (χ4n) is 2.27. The zero-order chi connectivity index (χ0) is 17.8. The lowest BCUT2D eigenvalue weighted by molar-refractivity contribution is 0.0601. The molecule has 1 aromatic heterocycles. The minimum atomic E-state index is -0.383. The van der Waals surface area contributed by atoms with Crippen LogP contribution in [0, 0.1) is 6.92 Å². The van der Waals surface area contributed by atoms with Gasteiger partial charge in [-0.3, -0.25) is 0 Å². The van der Waals surface area contributed by atoms with E-state index in [-0.39, 0.29) is 5.97 Å². The lowest BCUT2D eigenvalue weighted by atomic mass is 10.1. The van der Waals surface area contributed by atoms with Gasteiger partial charge in [0.05, 0.1) is 19.2 Å². The van der Waals surface area contributed by atoms with E-state index in [0.717, 1.165) is 16.8 Å². The van der Waals surface area contributed by atoms with Gasteiger partial charge in [0, 0.05) is 16.3 Å². The van der Waals surface area contributed by atoms with Crippen LogP contribution in [0.5, 0.6) is 0 Å². The number of hydrogen-bond donors (Lipinski definition) is 1. The van der Waals surface area contributed by atoms with E-state index in [1.165, 1.54) is 7.11 Å². The molecule has 0 fully saturated rings. The molecule has 7 heteroatoms. The third kappa shape index (κ3) is 3.97. The summed E-state index contributed by atoms with van der Waals surface area (Å²) >= 11 is 5.88. The molecule has 25 heavy (non-hydrogen) atoms. The first-order chi connectivity index (χ1) is 12.1. The average Bonchev–Trinajstić information content (AvgIpc) is 3.10. The lowest BCUT2D eigenvalue weighted by Gasteiger charge is -2.09. The summed E-state index contributed by atoms with van der Waals surface area (Å²) in [7, 11) is 1.35. The first-order valence-corrected chi connectivity index (χ1v) is 7.96. The van der Waals surface area contributed by atoms with Crippen molar-refractivity contribution in [2.45, 2.75) is 13.5 Å². The van der Waals surface area contributed by atoms with Gasteiger partial charge in [-0.25, -0.2) is 4.79 Å². The van der Waals surface area contributed by atoms with Crippen LogP contribution in [-0.2, 0) is 11.3 Å². The summed E-state index contributed by atoms with van der Waals surface area (Å²) in [6.07, 6.45) is 0. The molecule has 0 unspecified atom stereocenters. The molecule has 1 heterocycles. The van der Waals surface area contributed by atoms with Crippen LogP contribution in [0.4, 0.5) is 5.69 Å². The molecule has 0 saturated carbocycles. The normalized spacial score (nSPS) is 10.5. The molecule has 0 saturated heterocycles. The fraction of sp³-hybridized carbons (Fsp3) is 0.167. The van der Waals surface area contributed by atoms with Gasteiger partial charge in [-0.2, -0.15) is 4.98 Å². The predicted octanol–water partition coefficient (Wildman–Crippen LogP) is 4.10. The van der Waals surface area contributed by atoms with Gasteiger partial charge < -0.3 is 14.6 Å². The van der Waals surface area contributed by atoms with Crippen molar-refractivity contribution in [2.75, 3.05) is 12.4 Å². The molecule has 0 aliphatic rings. The number of carbonyl (C=O) groups excluding carboxylic acids is 1. The van der Waals surface area contributed by atoms with Crippen molar-refractivity contribution in [1.82, 2.24) is 10.1 Å². The van der Waals surface area contributed by atoms with E-state index < -0.39 is 0 Å². The zero-order valence-electron chi connectivity index (χ0n) is 13.7. The van der Waals surface area contributed by atoms with Crippen molar-refractivity contribution in [3.8, 4) is 11.4 Å². The van der Waals surface area contributed by atoms with E-state index in [1.54, 1.807) is 24.3 Å². The van der Waals surface area contributed by atoms with Gasteiger partial charge in [0.2, 0.25) is 11.7 Å². The molecule has 128 valence electrons. The van der Waals surface area contributed by atoms with Crippen LogP contribution < -0.4 is 5.32 Å². The number of nitrogens with one attached hydrogen (secondary N) is 1. The SMILES string of the molecule is COC(=O)c1ccc(C)c(NCc2nc(-c3ccc(Cl)cc3)no2)c1. The molecular formula is C18H16ClN3O3. The Hall–Kier alpha value is -2.86. The summed E-state index contributed by atoms with van der Waals surface area (Å²) < 4.78 is 10.00. The molecule has 3 rings (SSSR count). The summed E-state index contributed by atoms with van der Waals surface area (Å²) in [5.41, 5.74) is 3.09. The van der Waals surface area contributed by atoms with E-state index in [9.17, 15) is 4.79 Å². The van der Waals surface area contributed by atoms with E-state index >= 15 is 0 Å². The van der Waals surface area contributed by atoms with Crippen LogP contribution in [0.1, 0.15) is 21.8 Å². The van der Waals surface area contributed by atoms with Crippen LogP contribution in [0.25, 0.3) is 11.4 Å². The second-order valence-corrected chi connectivity index (χ2v) is 5.83. The lowest BCUT2D eigenvalue weighted by Crippen LogP contribution is -2.05. The summed E-state index contributed by atoms with van der Waals surface area (Å²) in [5.74, 6) is 0.548. The number of ether oxygens (including phenoxy) is 1. The Kier molecular flexibility index (Phi) is 5.00. The molecular weight excluding hydrogens is 342 g/mol. The molecule has 6 nitrogen and oxygen atoms in total. The molecule has 3 aromatic rings. The Morgan fingerprint density at radius 2 is 2.00 bits per heavy atom. The van der Waals surface area contributed by atoms with Gasteiger partial charge in [0.15, 0.2) is 0 Å². The van der Waals surface area contributed by atoms with Gasteiger partial charge in [0.1, 0.15) is 0 Å². The predicted molar refractivity (Wildman–Crippen MR) is 94.6 cm³/mol. The van der Waals surface area contributed by atoms with E-state index in [0.29, 0.717) is 28.8 Å². The van der Waals surface area contributed by atoms with Crippen LogP contribution in [-0.4, -0.2) is 23.2 Å². The number of aryl methyl sites for hydroxylation is 1. The highest BCUT2D eigenvalue weighted by Gasteiger charge is 2.11. The summed E-state index contributed by atoms with van der Waals surface area (Å²) in [5, 5.41) is 7.81. The summed E-state index contributed by atoms with van der Waals surface area (Å²) in [6, 6.07) is 12.5. The third-order valence-electron chi connectivity index (χ3n) is 3.66. The van der Waals surface area contributed by atoms with Crippen molar-refractivity contribution in [2.24, 2.45) is 0 Å². The van der Waals surface area contributed by atoms with Gasteiger partial charge in [-0.05, 0) is 48.9 Å². The van der Waals surface area contributed by atoms with Crippen molar-refractivity contribution in [3.05, 3.63) is 64.5 Å². The summed E-state index contributed by atoms with van der Waals surface area (Å²) in [4.78, 5) is 16.0. The van der Waals surface area contributed by atoms with Crippen molar-refractivity contribution >= 4 is 23.3 Å². The molecule has 0 aliphatic heterocycles. The quantitative estimate of drug-likeness (QED) is 0.693. The fourth-order valence-corrected chi connectivity index (χ4v) is 2.40. The zero-order valence-corrected chi connectivity index (χ0v) is 14.5. The van der Waals surface area contributed by atoms with Crippen LogP contribution in [0.15, 0.2) is 47.0 Å². The molecule has 1 N–H and O–H groups in total. The first-order valence-electron chi connectivity index (χ1n) is 7.58. The third-order valence-corrected chi connectivity index (χ3v) is 3.91. The standard InChI is InChI=1S/C18H16ClN3O3/c1-11-3-4-13(18(23)24-2)9-15(11)20-10-16-21-17(22-25-16)12-5-7-14(19)8-6-12/h3-9,20H,10H2,1-2H3. The Balaban J connectivity index is 1.72. The number of anilines is 1. The van der Waals surface area contributed by atoms with Crippen LogP contribution in [0.2, 0.25) is 5.02 Å². The summed E-state index contributed by atoms with van der Waals surface area (Å²) in [6.45, 7) is 2.28.